The van der Waals surface area contributed by atoms with E-state index in [4.69, 9.17) is 15.6 Å². The van der Waals surface area contributed by atoms with E-state index < -0.39 is 19.1 Å². The van der Waals surface area contributed by atoms with Crippen LogP contribution in [0.4, 0.5) is 14.5 Å². The minimum atomic E-state index is -2.51. The smallest absolute Gasteiger partial charge is 0.251 e. The Balaban J connectivity index is 2.36. The fourth-order valence-electron chi connectivity index (χ4n) is 1.70. The van der Waals surface area contributed by atoms with Gasteiger partial charge in [0.25, 0.3) is 6.43 Å². The van der Waals surface area contributed by atoms with Gasteiger partial charge in [0.1, 0.15) is 18.5 Å². The van der Waals surface area contributed by atoms with Crippen LogP contribution < -0.4 is 10.5 Å². The van der Waals surface area contributed by atoms with Gasteiger partial charge >= 0.3 is 0 Å². The van der Waals surface area contributed by atoms with Crippen LogP contribution in [0, 0.1) is 0 Å². The average Bonchev–Trinajstić information content (AvgIpc) is 2.37. The van der Waals surface area contributed by atoms with E-state index in [2.05, 4.69) is 0 Å². The van der Waals surface area contributed by atoms with Crippen LogP contribution in [0.1, 0.15) is 0 Å². The third-order valence-electron chi connectivity index (χ3n) is 2.60. The molecule has 0 saturated carbocycles. The summed E-state index contributed by atoms with van der Waals surface area (Å²) in [6.45, 7) is -0.643. The molecule has 0 aliphatic heterocycles. The number of hydrogen-bond donors (Lipinski definition) is 3. The third kappa shape index (κ3) is 6.65. The maximum absolute atomic E-state index is 12.3. The number of nitrogens with two attached hydrogens (primary N) is 1. The number of halogens is 2. The lowest BCUT2D eigenvalue weighted by atomic mass is 10.3. The third-order valence-corrected chi connectivity index (χ3v) is 2.60. The van der Waals surface area contributed by atoms with Gasteiger partial charge in [-0.2, -0.15) is 0 Å². The molecule has 0 amide bonds. The second-order valence-electron chi connectivity index (χ2n) is 4.41. The molecule has 0 spiro atoms. The molecule has 0 radical (unpaired) electrons. The van der Waals surface area contributed by atoms with E-state index in [9.17, 15) is 13.9 Å². The van der Waals surface area contributed by atoms with E-state index in [1.54, 1.807) is 24.3 Å². The Kier molecular flexibility index (Phi) is 7.21. The van der Waals surface area contributed by atoms with E-state index in [0.29, 0.717) is 11.4 Å². The topological polar surface area (TPSA) is 79.0 Å². The molecule has 7 heteroatoms. The lowest BCUT2D eigenvalue weighted by Crippen LogP contribution is -2.39. The van der Waals surface area contributed by atoms with Crippen LogP contribution in [0.2, 0.25) is 0 Å². The van der Waals surface area contributed by atoms with Gasteiger partial charge in [-0.05, 0) is 24.3 Å². The fourth-order valence-corrected chi connectivity index (χ4v) is 1.70. The van der Waals surface area contributed by atoms with Crippen molar-refractivity contribution in [1.82, 2.24) is 4.90 Å². The van der Waals surface area contributed by atoms with Gasteiger partial charge in [-0.3, -0.25) is 4.90 Å². The van der Waals surface area contributed by atoms with E-state index >= 15 is 0 Å². The highest BCUT2D eigenvalue weighted by Crippen LogP contribution is 2.13. The molecular formula is C13H20F2N2O3. The summed E-state index contributed by atoms with van der Waals surface area (Å²) in [4.78, 5) is 1.29. The van der Waals surface area contributed by atoms with E-state index in [0.717, 1.165) is 0 Å². The number of nitrogen functional groups attached to an aromatic ring is 1. The SMILES string of the molecule is Nc1ccc(OCC(O)CN(CCO)CC(F)F)cc1. The normalized spacial score (nSPS) is 12.9. The molecule has 5 nitrogen and oxygen atoms in total. The first-order valence-corrected chi connectivity index (χ1v) is 6.29. The van der Waals surface area contributed by atoms with Crippen LogP contribution in [0.25, 0.3) is 0 Å². The van der Waals surface area contributed by atoms with Gasteiger partial charge in [0.2, 0.25) is 0 Å². The van der Waals surface area contributed by atoms with Crippen molar-refractivity contribution in [2.75, 3.05) is 38.6 Å². The lowest BCUT2D eigenvalue weighted by Gasteiger charge is -2.23. The largest absolute Gasteiger partial charge is 0.491 e. The van der Waals surface area contributed by atoms with E-state index in [1.165, 1.54) is 4.90 Å². The lowest BCUT2D eigenvalue weighted by molar-refractivity contribution is 0.0298. The monoisotopic (exact) mass is 290 g/mol. The van der Waals surface area contributed by atoms with Crippen molar-refractivity contribution in [3.05, 3.63) is 24.3 Å². The second kappa shape index (κ2) is 8.68. The van der Waals surface area contributed by atoms with E-state index in [-0.39, 0.29) is 26.3 Å². The van der Waals surface area contributed by atoms with Gasteiger partial charge in [-0.1, -0.05) is 0 Å². The van der Waals surface area contributed by atoms with Crippen molar-refractivity contribution < 1.29 is 23.7 Å². The summed E-state index contributed by atoms with van der Waals surface area (Å²) >= 11 is 0. The van der Waals surface area contributed by atoms with Crippen LogP contribution in [0.15, 0.2) is 24.3 Å². The van der Waals surface area contributed by atoms with Gasteiger partial charge < -0.3 is 20.7 Å². The quantitative estimate of drug-likeness (QED) is 0.579. The molecule has 0 bridgehead atoms. The Hall–Kier alpha value is -1.44. The molecule has 1 aromatic carbocycles. The molecule has 20 heavy (non-hydrogen) atoms. The molecule has 0 aliphatic carbocycles. The highest BCUT2D eigenvalue weighted by atomic mass is 19.3. The van der Waals surface area contributed by atoms with E-state index in [1.807, 2.05) is 0 Å². The Bertz CT molecular complexity index is 376. The molecule has 1 unspecified atom stereocenters. The summed E-state index contributed by atoms with van der Waals surface area (Å²) in [5, 5.41) is 18.5. The van der Waals surface area contributed by atoms with Gasteiger partial charge in [0.05, 0.1) is 13.2 Å². The first-order valence-electron chi connectivity index (χ1n) is 6.29. The molecule has 1 atom stereocenters. The standard InChI is InChI=1S/C13H20F2N2O3/c14-13(15)8-17(5-6-18)7-11(19)9-20-12-3-1-10(16)2-4-12/h1-4,11,13,18-19H,5-9,16H2. The Morgan fingerprint density at radius 2 is 1.85 bits per heavy atom. The van der Waals surface area contributed by atoms with Crippen molar-refractivity contribution in [1.29, 1.82) is 0 Å². The van der Waals surface area contributed by atoms with Gasteiger partial charge in [-0.15, -0.1) is 0 Å². The summed E-state index contributed by atoms with van der Waals surface area (Å²) in [5.41, 5.74) is 6.12. The minimum Gasteiger partial charge on any atom is -0.491 e. The van der Waals surface area contributed by atoms with Gasteiger partial charge in [0.15, 0.2) is 0 Å². The van der Waals surface area contributed by atoms with Gasteiger partial charge in [0, 0.05) is 18.8 Å². The molecule has 0 fully saturated rings. The summed E-state index contributed by atoms with van der Waals surface area (Å²) in [7, 11) is 0. The Morgan fingerprint density at radius 1 is 1.20 bits per heavy atom. The number of aliphatic hydroxyl groups is 2. The number of hydrogen-bond acceptors (Lipinski definition) is 5. The first-order chi connectivity index (χ1) is 9.51. The van der Waals surface area contributed by atoms with Crippen molar-refractivity contribution in [3.63, 3.8) is 0 Å². The molecule has 0 heterocycles. The van der Waals surface area contributed by atoms with Crippen molar-refractivity contribution in [2.45, 2.75) is 12.5 Å². The van der Waals surface area contributed by atoms with Crippen molar-refractivity contribution in [3.8, 4) is 5.75 Å². The average molecular weight is 290 g/mol. The molecule has 1 aromatic rings. The number of ether oxygens (including phenoxy) is 1. The molecule has 0 aromatic heterocycles. The number of benzene rings is 1. The predicted molar refractivity (Wildman–Crippen MR) is 71.9 cm³/mol. The Morgan fingerprint density at radius 3 is 2.40 bits per heavy atom. The van der Waals surface area contributed by atoms with Crippen LogP contribution in [-0.2, 0) is 0 Å². The summed E-state index contributed by atoms with van der Waals surface area (Å²) in [5.74, 6) is 0.542. The van der Waals surface area contributed by atoms with Crippen LogP contribution in [0.5, 0.6) is 5.75 Å². The maximum atomic E-state index is 12.3. The Labute approximate surface area is 116 Å². The molecular weight excluding hydrogens is 270 g/mol. The molecule has 1 rings (SSSR count). The van der Waals surface area contributed by atoms with Gasteiger partial charge in [-0.25, -0.2) is 8.78 Å². The summed E-state index contributed by atoms with van der Waals surface area (Å²) in [6.07, 6.45) is -3.43. The zero-order chi connectivity index (χ0) is 15.0. The molecule has 0 saturated heterocycles. The van der Waals surface area contributed by atoms with Crippen LogP contribution in [0.3, 0.4) is 0 Å². The minimum absolute atomic E-state index is 0.0138. The highest BCUT2D eigenvalue weighted by molar-refractivity contribution is 5.41. The summed E-state index contributed by atoms with van der Waals surface area (Å²) in [6, 6.07) is 6.65. The first kappa shape index (κ1) is 16.6. The molecule has 4 N–H and O–H groups in total. The predicted octanol–water partition coefficient (Wildman–Crippen LogP) is 0.568. The molecule has 114 valence electrons. The zero-order valence-corrected chi connectivity index (χ0v) is 11.1. The second-order valence-corrected chi connectivity index (χ2v) is 4.41. The van der Waals surface area contributed by atoms with Crippen molar-refractivity contribution >= 4 is 5.69 Å². The summed E-state index contributed by atoms with van der Waals surface area (Å²) < 4.78 is 29.9. The number of anilines is 1. The van der Waals surface area contributed by atoms with Crippen LogP contribution in [-0.4, -0.2) is 60.5 Å². The number of aliphatic hydroxyl groups excluding tert-OH is 2. The van der Waals surface area contributed by atoms with Crippen molar-refractivity contribution in [2.24, 2.45) is 0 Å². The number of nitrogens with zero attached hydrogens (tertiary/aromatic N) is 1. The maximum Gasteiger partial charge on any atom is 0.251 e. The highest BCUT2D eigenvalue weighted by Gasteiger charge is 2.16. The van der Waals surface area contributed by atoms with Crippen LogP contribution >= 0.6 is 0 Å². The fraction of sp³-hybridized carbons (Fsp3) is 0.538. The number of rotatable bonds is 9. The zero-order valence-electron chi connectivity index (χ0n) is 11.1. The number of alkyl halides is 2. The molecule has 0 aliphatic rings.